The number of hydrogen-bond donors (Lipinski definition) is 1. The molecule has 1 aliphatic heterocycles. The summed E-state index contributed by atoms with van der Waals surface area (Å²) in [5, 5.41) is 10.5. The number of β-amino-alcohol motifs (C(OH)–C–C–N with tert-alkyl or cyclic N) is 1. The molecule has 0 bridgehead atoms. The molecule has 1 atom stereocenters. The highest BCUT2D eigenvalue weighted by molar-refractivity contribution is 5.49. The number of piperazine rings is 1. The van der Waals surface area contributed by atoms with Crippen molar-refractivity contribution in [3.8, 4) is 11.5 Å². The van der Waals surface area contributed by atoms with E-state index >= 15 is 0 Å². The number of aliphatic hydroxyl groups is 1. The van der Waals surface area contributed by atoms with Gasteiger partial charge in [-0.15, -0.1) is 0 Å². The first-order valence-electron chi connectivity index (χ1n) is 8.63. The Kier molecular flexibility index (Phi) is 5.79. The molecule has 1 fully saturated rings. The van der Waals surface area contributed by atoms with Crippen molar-refractivity contribution in [2.24, 2.45) is 0 Å². The zero-order valence-electron chi connectivity index (χ0n) is 14.9. The van der Waals surface area contributed by atoms with Crippen LogP contribution in [-0.4, -0.2) is 56.9 Å². The lowest BCUT2D eigenvalue weighted by molar-refractivity contribution is 0.109. The third-order valence-electron chi connectivity index (χ3n) is 4.72. The zero-order chi connectivity index (χ0) is 17.6. The lowest BCUT2D eigenvalue weighted by Gasteiger charge is -2.37. The highest BCUT2D eigenvalue weighted by Crippen LogP contribution is 2.23. The first-order valence-corrected chi connectivity index (χ1v) is 8.63. The molecule has 0 aliphatic carbocycles. The summed E-state index contributed by atoms with van der Waals surface area (Å²) < 4.78 is 10.4. The van der Waals surface area contributed by atoms with Crippen LogP contribution in [-0.2, 0) is 0 Å². The summed E-state index contributed by atoms with van der Waals surface area (Å²) in [6, 6.07) is 15.8. The van der Waals surface area contributed by atoms with Gasteiger partial charge >= 0.3 is 0 Å². The molecule has 1 N–H and O–H groups in total. The molecule has 5 nitrogen and oxygen atoms in total. The van der Waals surface area contributed by atoms with E-state index < -0.39 is 6.10 Å². The van der Waals surface area contributed by atoms with E-state index in [1.165, 1.54) is 5.69 Å². The fraction of sp³-hybridized carbons (Fsp3) is 0.400. The van der Waals surface area contributed by atoms with Gasteiger partial charge in [0.1, 0.15) is 11.5 Å². The molecule has 1 aliphatic rings. The van der Waals surface area contributed by atoms with Crippen LogP contribution in [0.2, 0.25) is 0 Å². The normalized spacial score (nSPS) is 16.5. The molecule has 25 heavy (non-hydrogen) atoms. The fourth-order valence-electron chi connectivity index (χ4n) is 3.18. The number of aliphatic hydroxyl groups excluding tert-OH is 1. The summed E-state index contributed by atoms with van der Waals surface area (Å²) in [6.07, 6.45) is -0.498. The maximum Gasteiger partial charge on any atom is 0.119 e. The van der Waals surface area contributed by atoms with Gasteiger partial charge in [0.25, 0.3) is 0 Å². The van der Waals surface area contributed by atoms with E-state index in [9.17, 15) is 5.11 Å². The number of nitrogens with zero attached hydrogens (tertiary/aromatic N) is 2. The summed E-state index contributed by atoms with van der Waals surface area (Å²) in [7, 11) is 3.32. The minimum Gasteiger partial charge on any atom is -0.497 e. The molecule has 1 saturated heterocycles. The van der Waals surface area contributed by atoms with Gasteiger partial charge in [0.05, 0.1) is 20.3 Å². The molecule has 134 valence electrons. The van der Waals surface area contributed by atoms with Crippen molar-refractivity contribution in [2.45, 2.75) is 6.10 Å². The molecule has 5 heteroatoms. The first-order chi connectivity index (χ1) is 12.2. The SMILES string of the molecule is COc1ccc(N2CCN(C[C@@H](O)c3cccc(OC)c3)CC2)cc1. The van der Waals surface area contributed by atoms with Crippen LogP contribution >= 0.6 is 0 Å². The Labute approximate surface area is 149 Å². The molecule has 1 heterocycles. The van der Waals surface area contributed by atoms with Gasteiger partial charge in [-0.25, -0.2) is 0 Å². The Morgan fingerprint density at radius 3 is 2.24 bits per heavy atom. The maximum atomic E-state index is 10.5. The van der Waals surface area contributed by atoms with Crippen molar-refractivity contribution < 1.29 is 14.6 Å². The van der Waals surface area contributed by atoms with Gasteiger partial charge in [-0.1, -0.05) is 12.1 Å². The van der Waals surface area contributed by atoms with Crippen LogP contribution in [0.4, 0.5) is 5.69 Å². The van der Waals surface area contributed by atoms with Gasteiger partial charge < -0.3 is 19.5 Å². The second-order valence-corrected chi connectivity index (χ2v) is 6.28. The maximum absolute atomic E-state index is 10.5. The third-order valence-corrected chi connectivity index (χ3v) is 4.72. The second kappa shape index (κ2) is 8.23. The van der Waals surface area contributed by atoms with Crippen LogP contribution in [0.15, 0.2) is 48.5 Å². The van der Waals surface area contributed by atoms with E-state index in [0.29, 0.717) is 6.54 Å². The molecule has 3 rings (SSSR count). The van der Waals surface area contributed by atoms with E-state index in [0.717, 1.165) is 43.2 Å². The van der Waals surface area contributed by atoms with E-state index in [2.05, 4.69) is 21.9 Å². The van der Waals surface area contributed by atoms with Crippen LogP contribution in [0.25, 0.3) is 0 Å². The average molecular weight is 342 g/mol. The predicted octanol–water partition coefficient (Wildman–Crippen LogP) is 2.56. The van der Waals surface area contributed by atoms with Crippen molar-refractivity contribution in [3.05, 3.63) is 54.1 Å². The van der Waals surface area contributed by atoms with E-state index in [1.807, 2.05) is 36.4 Å². The van der Waals surface area contributed by atoms with Gasteiger partial charge in [-0.3, -0.25) is 4.90 Å². The van der Waals surface area contributed by atoms with Gasteiger partial charge in [0.2, 0.25) is 0 Å². The molecular weight excluding hydrogens is 316 g/mol. The molecule has 0 unspecified atom stereocenters. The fourth-order valence-corrected chi connectivity index (χ4v) is 3.18. The minimum absolute atomic E-state index is 0.498. The van der Waals surface area contributed by atoms with Gasteiger partial charge in [-0.2, -0.15) is 0 Å². The van der Waals surface area contributed by atoms with Crippen LogP contribution in [0.1, 0.15) is 11.7 Å². The molecule has 0 amide bonds. The monoisotopic (exact) mass is 342 g/mol. The highest BCUT2D eigenvalue weighted by atomic mass is 16.5. The zero-order valence-corrected chi connectivity index (χ0v) is 14.9. The molecular formula is C20H26N2O3. The van der Waals surface area contributed by atoms with Crippen LogP contribution in [0.3, 0.4) is 0 Å². The highest BCUT2D eigenvalue weighted by Gasteiger charge is 2.20. The first kappa shape index (κ1) is 17.6. The second-order valence-electron chi connectivity index (χ2n) is 6.28. The number of hydrogen-bond acceptors (Lipinski definition) is 5. The van der Waals surface area contributed by atoms with Crippen molar-refractivity contribution in [2.75, 3.05) is 51.8 Å². The smallest absolute Gasteiger partial charge is 0.119 e. The minimum atomic E-state index is -0.498. The molecule has 2 aromatic rings. The van der Waals surface area contributed by atoms with E-state index in [4.69, 9.17) is 9.47 Å². The predicted molar refractivity (Wildman–Crippen MR) is 99.6 cm³/mol. The largest absolute Gasteiger partial charge is 0.497 e. The van der Waals surface area contributed by atoms with Crippen molar-refractivity contribution in [1.82, 2.24) is 4.90 Å². The lowest BCUT2D eigenvalue weighted by atomic mass is 10.1. The Morgan fingerprint density at radius 2 is 1.60 bits per heavy atom. The van der Waals surface area contributed by atoms with Gasteiger partial charge in [0, 0.05) is 38.4 Å². The number of anilines is 1. The lowest BCUT2D eigenvalue weighted by Crippen LogP contribution is -2.47. The molecule has 0 saturated carbocycles. The number of methoxy groups -OCH3 is 2. The van der Waals surface area contributed by atoms with Crippen molar-refractivity contribution >= 4 is 5.69 Å². The van der Waals surface area contributed by atoms with E-state index in [-0.39, 0.29) is 0 Å². The number of rotatable bonds is 6. The van der Waals surface area contributed by atoms with Crippen LogP contribution in [0.5, 0.6) is 11.5 Å². The van der Waals surface area contributed by atoms with Crippen LogP contribution in [0, 0.1) is 0 Å². The van der Waals surface area contributed by atoms with Gasteiger partial charge in [0.15, 0.2) is 0 Å². The number of ether oxygens (including phenoxy) is 2. The quantitative estimate of drug-likeness (QED) is 0.874. The summed E-state index contributed by atoms with van der Waals surface area (Å²) >= 11 is 0. The number of benzene rings is 2. The molecule has 2 aromatic carbocycles. The Balaban J connectivity index is 1.53. The molecule has 0 spiro atoms. The average Bonchev–Trinajstić information content (AvgIpc) is 2.68. The summed E-state index contributed by atoms with van der Waals surface area (Å²) in [5.74, 6) is 1.66. The molecule has 0 aromatic heterocycles. The third kappa shape index (κ3) is 4.44. The van der Waals surface area contributed by atoms with Crippen molar-refractivity contribution in [3.63, 3.8) is 0 Å². The van der Waals surface area contributed by atoms with Crippen LogP contribution < -0.4 is 14.4 Å². The topological polar surface area (TPSA) is 45.2 Å². The summed E-state index contributed by atoms with van der Waals surface area (Å²) in [4.78, 5) is 4.68. The Morgan fingerprint density at radius 1 is 0.920 bits per heavy atom. The standard InChI is InChI=1S/C20H26N2O3/c1-24-18-8-6-17(7-9-18)22-12-10-21(11-13-22)15-20(23)16-4-3-5-19(14-16)25-2/h3-9,14,20,23H,10-13,15H2,1-2H3/t20-/m1/s1. The summed E-state index contributed by atoms with van der Waals surface area (Å²) in [5.41, 5.74) is 2.12. The van der Waals surface area contributed by atoms with Gasteiger partial charge in [-0.05, 0) is 42.0 Å². The van der Waals surface area contributed by atoms with Crippen molar-refractivity contribution in [1.29, 1.82) is 0 Å². The van der Waals surface area contributed by atoms with E-state index in [1.54, 1.807) is 14.2 Å². The molecule has 0 radical (unpaired) electrons. The Bertz CT molecular complexity index is 667. The Hall–Kier alpha value is -2.24. The summed E-state index contributed by atoms with van der Waals surface area (Å²) in [6.45, 7) is 4.43.